The molecule has 1 unspecified atom stereocenters. The highest BCUT2D eigenvalue weighted by atomic mass is 31.2. The number of amides is 7. The van der Waals surface area contributed by atoms with Gasteiger partial charge in [-0.15, -0.1) is 0 Å². The number of carbonyl (C=O) groups is 10. The van der Waals surface area contributed by atoms with Crippen LogP contribution in [-0.2, 0) is 77.5 Å². The van der Waals surface area contributed by atoms with E-state index in [0.29, 0.717) is 18.4 Å². The number of phosphoric acid groups is 1. The molecule has 546 valence electrons. The number of carbonyl (C=O) groups excluding carboxylic acids is 9. The Balaban J connectivity index is 1.93. The Hall–Kier alpha value is -6.70. The first-order chi connectivity index (χ1) is 46.2. The molecule has 0 aliphatic carbocycles. The van der Waals surface area contributed by atoms with Crippen molar-refractivity contribution in [2.24, 2.45) is 16.5 Å². The highest BCUT2D eigenvalue weighted by Gasteiger charge is 2.34. The van der Waals surface area contributed by atoms with E-state index in [-0.39, 0.29) is 96.4 Å². The van der Waals surface area contributed by atoms with Gasteiger partial charge in [-0.05, 0) is 50.5 Å². The van der Waals surface area contributed by atoms with Crippen LogP contribution in [0, 0.1) is 0 Å². The molecule has 1 aliphatic rings. The number of phosphoric ester groups is 1. The molecule has 7 amide bonds. The summed E-state index contributed by atoms with van der Waals surface area (Å²) >= 11 is 0. The van der Waals surface area contributed by atoms with Gasteiger partial charge in [-0.1, -0.05) is 198 Å². The third-order valence-corrected chi connectivity index (χ3v) is 17.2. The number of benzene rings is 1. The van der Waals surface area contributed by atoms with Gasteiger partial charge in [0.05, 0.1) is 26.2 Å². The molecule has 0 radical (unpaired) electrons. The van der Waals surface area contributed by atoms with Gasteiger partial charge in [0, 0.05) is 51.7 Å². The molecule has 1 aromatic rings. The number of aliphatic imine (C=N–C) groups is 1. The van der Waals surface area contributed by atoms with Crippen molar-refractivity contribution in [1.82, 2.24) is 37.2 Å². The molecular weight excluding hydrogens is 1260 g/mol. The summed E-state index contributed by atoms with van der Waals surface area (Å²) in [7, 11) is -4.77. The van der Waals surface area contributed by atoms with Gasteiger partial charge in [0.15, 0.2) is 12.1 Å². The molecule has 0 spiro atoms. The van der Waals surface area contributed by atoms with Crippen molar-refractivity contribution < 1.29 is 81.0 Å². The largest absolute Gasteiger partial charge is 0.481 e. The summed E-state index contributed by atoms with van der Waals surface area (Å²) in [6.07, 6.45) is 28.2. The van der Waals surface area contributed by atoms with E-state index in [9.17, 15) is 62.5 Å². The number of nitrogens with two attached hydrogens (primary N) is 2. The number of nitrogens with zero attached hydrogens (tertiary/aromatic N) is 1. The van der Waals surface area contributed by atoms with E-state index in [0.717, 1.165) is 44.9 Å². The molecule has 1 aliphatic heterocycles. The summed E-state index contributed by atoms with van der Waals surface area (Å²) in [6, 6.07) is 2.90. The molecule has 13 N–H and O–H groups in total. The van der Waals surface area contributed by atoms with E-state index in [1.807, 2.05) is 0 Å². The van der Waals surface area contributed by atoms with Crippen molar-refractivity contribution in [3.63, 3.8) is 0 Å². The zero-order valence-corrected chi connectivity index (χ0v) is 58.3. The molecule has 1 saturated heterocycles. The highest BCUT2D eigenvalue weighted by Crippen LogP contribution is 2.43. The van der Waals surface area contributed by atoms with Crippen molar-refractivity contribution in [3.05, 3.63) is 35.9 Å². The smallest absolute Gasteiger partial charge is 0.472 e. The zero-order valence-electron chi connectivity index (χ0n) is 57.5. The summed E-state index contributed by atoms with van der Waals surface area (Å²) in [5.41, 5.74) is 11.5. The average molecular weight is 1380 g/mol. The molecule has 1 fully saturated rings. The fourth-order valence-electron chi connectivity index (χ4n) is 10.7. The van der Waals surface area contributed by atoms with E-state index in [1.54, 1.807) is 30.3 Å². The minimum Gasteiger partial charge on any atom is -0.481 e. The average Bonchev–Trinajstić information content (AvgIpc) is 1.28. The Kier molecular flexibility index (Phi) is 48.3. The molecule has 1 aromatic carbocycles. The van der Waals surface area contributed by atoms with Crippen LogP contribution in [-0.4, -0.2) is 151 Å². The summed E-state index contributed by atoms with van der Waals surface area (Å²) in [6.45, 7) is 2.21. The van der Waals surface area contributed by atoms with Gasteiger partial charge in [-0.2, -0.15) is 0 Å². The second-order valence-corrected chi connectivity index (χ2v) is 26.3. The lowest BCUT2D eigenvalue weighted by Gasteiger charge is -2.26. The highest BCUT2D eigenvalue weighted by molar-refractivity contribution is 7.47. The minimum absolute atomic E-state index is 0.0186. The van der Waals surface area contributed by atoms with E-state index in [2.05, 4.69) is 56.1 Å². The molecule has 27 nitrogen and oxygen atoms in total. The van der Waals surface area contributed by atoms with Crippen LogP contribution >= 0.6 is 7.82 Å². The Morgan fingerprint density at radius 2 is 1.02 bits per heavy atom. The normalized spacial score (nSPS) is 17.2. The quantitative estimate of drug-likeness (QED) is 0.00984. The molecule has 0 bridgehead atoms. The van der Waals surface area contributed by atoms with Crippen molar-refractivity contribution in [2.45, 2.75) is 282 Å². The van der Waals surface area contributed by atoms with Crippen LogP contribution in [0.2, 0.25) is 0 Å². The fourth-order valence-corrected chi connectivity index (χ4v) is 11.5. The van der Waals surface area contributed by atoms with Gasteiger partial charge < -0.3 is 68.2 Å². The number of guanidine groups is 1. The van der Waals surface area contributed by atoms with Crippen molar-refractivity contribution >= 4 is 73.0 Å². The van der Waals surface area contributed by atoms with Crippen LogP contribution in [0.15, 0.2) is 35.3 Å². The van der Waals surface area contributed by atoms with Crippen molar-refractivity contribution in [1.29, 1.82) is 0 Å². The maximum atomic E-state index is 14.1. The molecule has 96 heavy (non-hydrogen) atoms. The number of nitrogens with one attached hydrogen (secondary N) is 7. The summed E-state index contributed by atoms with van der Waals surface area (Å²) in [4.78, 5) is 146. The lowest BCUT2D eigenvalue weighted by atomic mass is 10.0. The summed E-state index contributed by atoms with van der Waals surface area (Å²) < 4.78 is 34.2. The van der Waals surface area contributed by atoms with E-state index >= 15 is 0 Å². The SMILES string of the molecule is CCCCCCCCCCCCCCCC(=O)OC[C@H](COP(=O)(O)OCCNC(=O)CCC(=O)NCCCC[C@@H]1NC(=O)[C@@H](Cc2ccccc2)NC(=O)[C@H](CC(=O)O)NC(=O)CNC(=O)[C@H](CCCN=C(N)N)NC1=O)OC(=O)CCCCCCCCCCCCCCC. The zero-order chi connectivity index (χ0) is 70.4. The second-order valence-electron chi connectivity index (χ2n) is 24.8. The van der Waals surface area contributed by atoms with Crippen LogP contribution in [0.4, 0.5) is 0 Å². The third-order valence-electron chi connectivity index (χ3n) is 16.2. The predicted molar refractivity (Wildman–Crippen MR) is 365 cm³/mol. The number of rotatable bonds is 54. The number of aliphatic carboxylic acids is 1. The van der Waals surface area contributed by atoms with Crippen LogP contribution in [0.3, 0.4) is 0 Å². The first kappa shape index (κ1) is 85.4. The number of ether oxygens (including phenoxy) is 2. The maximum Gasteiger partial charge on any atom is 0.472 e. The summed E-state index contributed by atoms with van der Waals surface area (Å²) in [5, 5.41) is 27.3. The lowest BCUT2D eigenvalue weighted by Crippen LogP contribution is -2.58. The maximum absolute atomic E-state index is 14.1. The topological polar surface area (TPSA) is 414 Å². The standard InChI is InChI=1S/C68H117N10O17P/c1-3-5-7-9-11-13-15-17-19-21-23-25-30-39-62(84)92-50-53(95-63(85)40-31-26-24-22-20-18-16-14-12-10-8-6-4-2)51-94-96(90,91)93-46-45-72-59(80)42-41-58(79)71-43-33-32-37-55-65(87)76-54(38-34-44-73-68(69)70)64(86)74-49-60(81)75-57(48-61(82)83)67(89)78-56(66(88)77-55)47-52-35-28-27-29-36-52/h27-29,35-36,53-57H,3-26,30-34,37-51H2,1-2H3,(H,71,79)(H,72,80)(H,74,86)(H,75,81)(H,76,87)(H,77,88)(H,78,89)(H,82,83)(H,90,91)(H4,69,70,73)/t53-,54+,55+,56-,57+/m1/s1. The second kappa shape index (κ2) is 54.3. The van der Waals surface area contributed by atoms with E-state index in [4.69, 9.17) is 30.0 Å². The van der Waals surface area contributed by atoms with Gasteiger partial charge in [0.25, 0.3) is 0 Å². The molecule has 1 heterocycles. The number of carboxylic acid groups (broad SMARTS) is 1. The number of esters is 2. The lowest BCUT2D eigenvalue weighted by molar-refractivity contribution is -0.161. The third kappa shape index (κ3) is 45.7. The molecular formula is C68H117N10O17P. The molecule has 6 atom stereocenters. The first-order valence-electron chi connectivity index (χ1n) is 35.5. The Morgan fingerprint density at radius 3 is 1.55 bits per heavy atom. The van der Waals surface area contributed by atoms with E-state index in [1.165, 1.54) is 109 Å². The molecule has 28 heteroatoms. The van der Waals surface area contributed by atoms with Crippen molar-refractivity contribution in [3.8, 4) is 0 Å². The Bertz CT molecular complexity index is 2490. The van der Waals surface area contributed by atoms with Gasteiger partial charge in [-0.3, -0.25) is 62.0 Å². The number of unbranched alkanes of at least 4 members (excludes halogenated alkanes) is 25. The predicted octanol–water partition coefficient (Wildman–Crippen LogP) is 7.56. The van der Waals surface area contributed by atoms with Crippen LogP contribution in [0.5, 0.6) is 0 Å². The van der Waals surface area contributed by atoms with E-state index < -0.39 is 124 Å². The van der Waals surface area contributed by atoms with Crippen LogP contribution in [0.1, 0.15) is 251 Å². The molecule has 0 saturated carbocycles. The monoisotopic (exact) mass is 1380 g/mol. The first-order valence-corrected chi connectivity index (χ1v) is 37.0. The number of hydrogen-bond acceptors (Lipinski definition) is 16. The fraction of sp³-hybridized carbons (Fsp3) is 0.750. The van der Waals surface area contributed by atoms with Crippen molar-refractivity contribution in [2.75, 3.05) is 46.0 Å². The molecule has 2 rings (SSSR count). The minimum atomic E-state index is -4.77. The summed E-state index contributed by atoms with van der Waals surface area (Å²) in [5.74, 6) is -8.11. The van der Waals surface area contributed by atoms with Crippen LogP contribution in [0.25, 0.3) is 0 Å². The number of hydrogen-bond donors (Lipinski definition) is 11. The number of carboxylic acids is 1. The van der Waals surface area contributed by atoms with Gasteiger partial charge >= 0.3 is 25.7 Å². The van der Waals surface area contributed by atoms with Gasteiger partial charge in [0.2, 0.25) is 41.4 Å². The van der Waals surface area contributed by atoms with Gasteiger partial charge in [0.1, 0.15) is 30.8 Å². The molecule has 0 aromatic heterocycles. The Labute approximate surface area is 569 Å². The Morgan fingerprint density at radius 1 is 0.552 bits per heavy atom. The van der Waals surface area contributed by atoms with Gasteiger partial charge in [-0.25, -0.2) is 4.57 Å². The van der Waals surface area contributed by atoms with Crippen LogP contribution < -0.4 is 48.7 Å².